The van der Waals surface area contributed by atoms with Gasteiger partial charge in [0.15, 0.2) is 0 Å². The van der Waals surface area contributed by atoms with Gasteiger partial charge in [-0.1, -0.05) is 196 Å². The van der Waals surface area contributed by atoms with Gasteiger partial charge >= 0.3 is 0 Å². The van der Waals surface area contributed by atoms with Gasteiger partial charge in [0.25, 0.3) is 6.71 Å². The topological polar surface area (TPSA) is 24.6 Å². The molecule has 0 aliphatic carbocycles. The van der Waals surface area contributed by atoms with E-state index in [2.05, 4.69) is 283 Å². The Labute approximate surface area is 430 Å². The summed E-state index contributed by atoms with van der Waals surface area (Å²) in [6.45, 7) is 4.57. The van der Waals surface area contributed by atoms with Crippen molar-refractivity contribution in [3.8, 4) is 27.9 Å². The van der Waals surface area contributed by atoms with E-state index >= 15 is 0 Å². The first-order valence-electron chi connectivity index (χ1n) is 25.7. The number of hydrogen-bond acceptors (Lipinski definition) is 3. The Morgan fingerprint density at radius 3 is 1.41 bits per heavy atom. The molecule has 4 nitrogen and oxygen atoms in total. The van der Waals surface area contributed by atoms with Crippen LogP contribution >= 0.6 is 0 Å². The highest BCUT2D eigenvalue weighted by Crippen LogP contribution is 2.49. The SMILES string of the molecule is CC(C)(c1ccccc1)c1ccc2c(c1)N(c1ccc(-c3ccccc3)cc1)c1cc(-n3c4ccccc4c4ccccc43)cc3c1B2c1cc2oc4ccccc4c2cc1N3c1ccc(-c2ccccc2)cc1. The standard InChI is InChI=1S/C69H48BN3O/c1-69(2,49-22-10-5-11-23-49)50-34-39-58-62(40-50)71(51-35-30-47(31-36-51)45-18-6-3-7-19-45)64-41-53(73-60-27-15-12-24-54(60)55-25-13-16-28-61(55)73)42-65-68(64)70(58)59-44-67-57(56-26-14-17-29-66(56)74-67)43-63(59)72(65)52-37-32-48(33-38-52)46-20-8-4-9-21-46/h3-44H,1-2H3. The van der Waals surface area contributed by atoms with Gasteiger partial charge in [-0.25, -0.2) is 0 Å². The van der Waals surface area contributed by atoms with Gasteiger partial charge < -0.3 is 18.8 Å². The lowest BCUT2D eigenvalue weighted by molar-refractivity contribution is 0.641. The van der Waals surface area contributed by atoms with Crippen molar-refractivity contribution in [3.63, 3.8) is 0 Å². The van der Waals surface area contributed by atoms with Crippen LogP contribution in [0.4, 0.5) is 34.1 Å². The normalized spacial score (nSPS) is 12.9. The first-order valence-corrected chi connectivity index (χ1v) is 25.7. The first-order chi connectivity index (χ1) is 36.5. The zero-order valence-corrected chi connectivity index (χ0v) is 41.1. The van der Waals surface area contributed by atoms with Crippen molar-refractivity contribution < 1.29 is 4.42 Å². The maximum Gasteiger partial charge on any atom is 0.252 e. The third-order valence-electron chi connectivity index (χ3n) is 16.1. The van der Waals surface area contributed by atoms with Crippen LogP contribution in [0.3, 0.4) is 0 Å². The maximum absolute atomic E-state index is 6.81. The van der Waals surface area contributed by atoms with E-state index in [0.29, 0.717) is 0 Å². The minimum atomic E-state index is -0.289. The van der Waals surface area contributed by atoms with Crippen LogP contribution in [0.5, 0.6) is 0 Å². The molecule has 0 fully saturated rings. The molecule has 2 aliphatic rings. The molecule has 2 aromatic heterocycles. The van der Waals surface area contributed by atoms with Crippen LogP contribution in [0.25, 0.3) is 71.7 Å². The number of para-hydroxylation sites is 3. The van der Waals surface area contributed by atoms with Gasteiger partial charge in [-0.2, -0.15) is 0 Å². The fourth-order valence-corrected chi connectivity index (χ4v) is 12.4. The van der Waals surface area contributed by atoms with Gasteiger partial charge in [0.1, 0.15) is 11.2 Å². The molecule has 2 aliphatic heterocycles. The fourth-order valence-electron chi connectivity index (χ4n) is 12.4. The molecule has 0 saturated heterocycles. The van der Waals surface area contributed by atoms with E-state index in [1.54, 1.807) is 0 Å². The summed E-state index contributed by atoms with van der Waals surface area (Å²) in [6.07, 6.45) is 0. The predicted octanol–water partition coefficient (Wildman–Crippen LogP) is 16.4. The second-order valence-corrected chi connectivity index (χ2v) is 20.5. The molecule has 0 unspecified atom stereocenters. The number of benzene rings is 11. The predicted molar refractivity (Wildman–Crippen MR) is 312 cm³/mol. The second kappa shape index (κ2) is 16.4. The maximum atomic E-state index is 6.81. The number of anilines is 6. The Kier molecular flexibility index (Phi) is 9.37. The lowest BCUT2D eigenvalue weighted by Crippen LogP contribution is -2.61. The third kappa shape index (κ3) is 6.42. The van der Waals surface area contributed by atoms with Crippen LogP contribution in [0, 0.1) is 0 Å². The van der Waals surface area contributed by atoms with Crippen molar-refractivity contribution in [1.82, 2.24) is 4.57 Å². The zero-order valence-electron chi connectivity index (χ0n) is 41.1. The molecule has 74 heavy (non-hydrogen) atoms. The van der Waals surface area contributed by atoms with Gasteiger partial charge in [0.2, 0.25) is 0 Å². The average molecular weight is 946 g/mol. The summed E-state index contributed by atoms with van der Waals surface area (Å²) in [6, 6.07) is 93.8. The van der Waals surface area contributed by atoms with E-state index in [0.717, 1.165) is 61.8 Å². The Morgan fingerprint density at radius 2 is 0.824 bits per heavy atom. The highest BCUT2D eigenvalue weighted by atomic mass is 16.3. The number of fused-ring (bicyclic) bond motifs is 10. The summed E-state index contributed by atoms with van der Waals surface area (Å²) >= 11 is 0. The summed E-state index contributed by atoms with van der Waals surface area (Å²) in [5.41, 5.74) is 22.6. The molecule has 348 valence electrons. The summed E-state index contributed by atoms with van der Waals surface area (Å²) in [5.74, 6) is 0. The zero-order chi connectivity index (χ0) is 49.1. The van der Waals surface area contributed by atoms with Crippen LogP contribution in [0.15, 0.2) is 259 Å². The number of rotatable bonds is 7. The van der Waals surface area contributed by atoms with Crippen LogP contribution in [0.2, 0.25) is 0 Å². The molecule has 15 rings (SSSR count). The Balaban J connectivity index is 1.07. The molecule has 0 spiro atoms. The van der Waals surface area contributed by atoms with E-state index in [1.807, 2.05) is 0 Å². The van der Waals surface area contributed by atoms with Crippen molar-refractivity contribution in [3.05, 3.63) is 266 Å². The van der Waals surface area contributed by atoms with Crippen molar-refractivity contribution >= 4 is 101 Å². The van der Waals surface area contributed by atoms with Gasteiger partial charge in [0.05, 0.1) is 16.7 Å². The largest absolute Gasteiger partial charge is 0.456 e. The van der Waals surface area contributed by atoms with Crippen LogP contribution in [0.1, 0.15) is 25.0 Å². The minimum Gasteiger partial charge on any atom is -0.456 e. The molecule has 0 N–H and O–H groups in total. The van der Waals surface area contributed by atoms with Crippen LogP contribution in [-0.2, 0) is 5.41 Å². The molecule has 0 amide bonds. The van der Waals surface area contributed by atoms with Crippen molar-refractivity contribution in [2.24, 2.45) is 0 Å². The van der Waals surface area contributed by atoms with Crippen molar-refractivity contribution in [2.75, 3.05) is 9.80 Å². The summed E-state index contributed by atoms with van der Waals surface area (Å²) in [4.78, 5) is 5.09. The monoisotopic (exact) mass is 945 g/mol. The molecule has 0 atom stereocenters. The second-order valence-electron chi connectivity index (χ2n) is 20.5. The van der Waals surface area contributed by atoms with E-state index in [-0.39, 0.29) is 12.1 Å². The summed E-state index contributed by atoms with van der Waals surface area (Å²) < 4.78 is 9.29. The van der Waals surface area contributed by atoms with E-state index in [9.17, 15) is 0 Å². The molecule has 0 bridgehead atoms. The summed E-state index contributed by atoms with van der Waals surface area (Å²) in [5, 5.41) is 4.67. The van der Waals surface area contributed by atoms with Crippen molar-refractivity contribution in [1.29, 1.82) is 0 Å². The molecule has 5 heteroatoms. The van der Waals surface area contributed by atoms with E-state index < -0.39 is 0 Å². The quantitative estimate of drug-likeness (QED) is 0.149. The molecule has 0 saturated carbocycles. The average Bonchev–Trinajstić information content (AvgIpc) is 4.03. The Morgan fingerprint density at radius 1 is 0.338 bits per heavy atom. The van der Waals surface area contributed by atoms with Crippen LogP contribution in [-0.4, -0.2) is 11.3 Å². The van der Waals surface area contributed by atoms with Gasteiger partial charge in [0, 0.05) is 61.1 Å². The number of hydrogen-bond donors (Lipinski definition) is 0. The molecule has 0 radical (unpaired) electrons. The third-order valence-corrected chi connectivity index (χ3v) is 16.1. The molecule has 13 aromatic rings. The number of aromatic nitrogens is 1. The van der Waals surface area contributed by atoms with Gasteiger partial charge in [-0.15, -0.1) is 0 Å². The van der Waals surface area contributed by atoms with E-state index in [1.165, 1.54) is 71.6 Å². The number of nitrogens with zero attached hydrogens (tertiary/aromatic N) is 3. The van der Waals surface area contributed by atoms with E-state index in [4.69, 9.17) is 4.42 Å². The lowest BCUT2D eigenvalue weighted by Gasteiger charge is -2.45. The molecular formula is C69H48BN3O. The Hall–Kier alpha value is -9.32. The fraction of sp³-hybridized carbons (Fsp3) is 0.0435. The minimum absolute atomic E-state index is 0.136. The Bertz CT molecular complexity index is 4280. The lowest BCUT2D eigenvalue weighted by atomic mass is 9.33. The highest BCUT2D eigenvalue weighted by molar-refractivity contribution is 7.00. The smallest absolute Gasteiger partial charge is 0.252 e. The molecule has 11 aromatic carbocycles. The van der Waals surface area contributed by atoms with Gasteiger partial charge in [-0.3, -0.25) is 0 Å². The van der Waals surface area contributed by atoms with Crippen molar-refractivity contribution in [2.45, 2.75) is 19.3 Å². The molecule has 4 heterocycles. The first kappa shape index (κ1) is 42.4. The van der Waals surface area contributed by atoms with Crippen LogP contribution < -0.4 is 26.2 Å². The number of furan rings is 1. The van der Waals surface area contributed by atoms with Gasteiger partial charge in [-0.05, 0) is 123 Å². The summed E-state index contributed by atoms with van der Waals surface area (Å²) in [7, 11) is 0. The highest BCUT2D eigenvalue weighted by Gasteiger charge is 2.45. The molecular weight excluding hydrogens is 898 g/mol.